The fourth-order valence-electron chi connectivity index (χ4n) is 1.06. The van der Waals surface area contributed by atoms with Crippen LogP contribution in [0.25, 0.3) is 0 Å². The molecule has 14 heavy (non-hydrogen) atoms. The fourth-order valence-corrected chi connectivity index (χ4v) is 2.24. The summed E-state index contributed by atoms with van der Waals surface area (Å²) in [6.07, 6.45) is 1.02. The van der Waals surface area contributed by atoms with Gasteiger partial charge in [-0.2, -0.15) is 0 Å². The van der Waals surface area contributed by atoms with Gasteiger partial charge in [0.25, 0.3) is 0 Å². The standard InChI is InChI=1S/C11H16ClNS/c1-10(7-8-12)13-14-9-11-5-3-2-4-6-11/h2-6,10,13H,7-9H2,1H3. The van der Waals surface area contributed by atoms with Crippen LogP contribution < -0.4 is 4.72 Å². The van der Waals surface area contributed by atoms with E-state index in [1.54, 1.807) is 11.9 Å². The number of hydrogen-bond acceptors (Lipinski definition) is 2. The van der Waals surface area contributed by atoms with E-state index in [-0.39, 0.29) is 0 Å². The van der Waals surface area contributed by atoms with E-state index in [4.69, 9.17) is 11.6 Å². The first-order valence-electron chi connectivity index (χ1n) is 4.80. The molecule has 1 rings (SSSR count). The number of hydrogen-bond donors (Lipinski definition) is 1. The molecule has 78 valence electrons. The van der Waals surface area contributed by atoms with Crippen molar-refractivity contribution >= 4 is 23.5 Å². The van der Waals surface area contributed by atoms with Crippen molar-refractivity contribution in [3.63, 3.8) is 0 Å². The molecule has 0 spiro atoms. The van der Waals surface area contributed by atoms with Crippen molar-refractivity contribution in [1.82, 2.24) is 4.72 Å². The highest BCUT2D eigenvalue weighted by molar-refractivity contribution is 7.96. The molecule has 0 aliphatic heterocycles. The predicted molar refractivity (Wildman–Crippen MR) is 65.7 cm³/mol. The Morgan fingerprint density at radius 1 is 1.36 bits per heavy atom. The van der Waals surface area contributed by atoms with Gasteiger partial charge >= 0.3 is 0 Å². The summed E-state index contributed by atoms with van der Waals surface area (Å²) >= 11 is 7.39. The Balaban J connectivity index is 2.16. The van der Waals surface area contributed by atoms with Crippen molar-refractivity contribution in [1.29, 1.82) is 0 Å². The number of alkyl halides is 1. The third-order valence-electron chi connectivity index (χ3n) is 1.91. The summed E-state index contributed by atoms with van der Waals surface area (Å²) in [5.41, 5.74) is 1.35. The first kappa shape index (κ1) is 11.9. The average Bonchev–Trinajstić information content (AvgIpc) is 2.20. The molecule has 3 heteroatoms. The smallest absolute Gasteiger partial charge is 0.0330 e. The molecule has 1 unspecified atom stereocenters. The van der Waals surface area contributed by atoms with E-state index in [9.17, 15) is 0 Å². The maximum Gasteiger partial charge on any atom is 0.0330 e. The Kier molecular flexibility index (Phi) is 6.08. The first-order chi connectivity index (χ1) is 6.83. The van der Waals surface area contributed by atoms with Crippen LogP contribution >= 0.6 is 23.5 Å². The van der Waals surface area contributed by atoms with Crippen molar-refractivity contribution < 1.29 is 0 Å². The van der Waals surface area contributed by atoms with Crippen LogP contribution in [0.5, 0.6) is 0 Å². The lowest BCUT2D eigenvalue weighted by Gasteiger charge is -2.10. The first-order valence-corrected chi connectivity index (χ1v) is 6.32. The second-order valence-corrected chi connectivity index (χ2v) is 4.46. The Morgan fingerprint density at radius 2 is 2.07 bits per heavy atom. The van der Waals surface area contributed by atoms with Crippen LogP contribution in [0.15, 0.2) is 30.3 Å². The fraction of sp³-hybridized carbons (Fsp3) is 0.455. The molecular weight excluding hydrogens is 214 g/mol. The third kappa shape index (κ3) is 4.89. The minimum Gasteiger partial charge on any atom is -0.261 e. The van der Waals surface area contributed by atoms with Crippen LogP contribution in [-0.4, -0.2) is 11.9 Å². The Morgan fingerprint density at radius 3 is 2.71 bits per heavy atom. The predicted octanol–water partition coefficient (Wildman–Crippen LogP) is 3.44. The average molecular weight is 230 g/mol. The Labute approximate surface area is 95.4 Å². The minimum absolute atomic E-state index is 0.487. The van der Waals surface area contributed by atoms with Crippen LogP contribution in [0.4, 0.5) is 0 Å². The Bertz CT molecular complexity index is 240. The van der Waals surface area contributed by atoms with Crippen molar-refractivity contribution in [3.8, 4) is 0 Å². The van der Waals surface area contributed by atoms with Gasteiger partial charge in [-0.05, 0) is 18.9 Å². The van der Waals surface area contributed by atoms with Gasteiger partial charge in [0.05, 0.1) is 0 Å². The van der Waals surface area contributed by atoms with E-state index in [0.717, 1.165) is 18.1 Å². The molecule has 1 aromatic rings. The van der Waals surface area contributed by atoms with E-state index in [1.165, 1.54) is 5.56 Å². The monoisotopic (exact) mass is 229 g/mol. The zero-order chi connectivity index (χ0) is 10.2. The molecule has 0 radical (unpaired) electrons. The van der Waals surface area contributed by atoms with Crippen molar-refractivity contribution in [2.75, 3.05) is 5.88 Å². The largest absolute Gasteiger partial charge is 0.261 e. The summed E-state index contributed by atoms with van der Waals surface area (Å²) in [5, 5.41) is 0. The second-order valence-electron chi connectivity index (χ2n) is 3.27. The molecular formula is C11H16ClNS. The molecule has 0 heterocycles. The van der Waals surface area contributed by atoms with E-state index in [1.807, 2.05) is 6.07 Å². The maximum absolute atomic E-state index is 5.64. The van der Waals surface area contributed by atoms with Gasteiger partial charge in [-0.1, -0.05) is 42.3 Å². The van der Waals surface area contributed by atoms with Crippen LogP contribution in [0.3, 0.4) is 0 Å². The number of rotatable bonds is 6. The molecule has 0 saturated carbocycles. The van der Waals surface area contributed by atoms with Gasteiger partial charge in [-0.3, -0.25) is 4.72 Å². The zero-order valence-corrected chi connectivity index (χ0v) is 9.94. The van der Waals surface area contributed by atoms with Gasteiger partial charge < -0.3 is 0 Å². The SMILES string of the molecule is CC(CCCl)NSCc1ccccc1. The molecule has 0 saturated heterocycles. The molecule has 0 aliphatic rings. The number of nitrogens with one attached hydrogen (secondary N) is 1. The molecule has 0 amide bonds. The summed E-state index contributed by atoms with van der Waals surface area (Å²) in [7, 11) is 0. The van der Waals surface area contributed by atoms with Crippen molar-refractivity contribution in [2.45, 2.75) is 25.1 Å². The van der Waals surface area contributed by atoms with E-state index in [0.29, 0.717) is 6.04 Å². The molecule has 1 atom stereocenters. The molecule has 0 aromatic heterocycles. The lowest BCUT2D eigenvalue weighted by molar-refractivity contribution is 0.672. The minimum atomic E-state index is 0.487. The molecule has 0 bridgehead atoms. The van der Waals surface area contributed by atoms with Gasteiger partial charge in [-0.15, -0.1) is 11.6 Å². The van der Waals surface area contributed by atoms with Crippen LogP contribution in [0, 0.1) is 0 Å². The van der Waals surface area contributed by atoms with Gasteiger partial charge in [0.15, 0.2) is 0 Å². The number of benzene rings is 1. The maximum atomic E-state index is 5.64. The summed E-state index contributed by atoms with van der Waals surface area (Å²) < 4.78 is 3.36. The summed E-state index contributed by atoms with van der Waals surface area (Å²) in [5.74, 6) is 1.73. The highest BCUT2D eigenvalue weighted by atomic mass is 35.5. The molecule has 0 aliphatic carbocycles. The molecule has 1 nitrogen and oxygen atoms in total. The van der Waals surface area contributed by atoms with Gasteiger partial charge in [0.1, 0.15) is 0 Å². The van der Waals surface area contributed by atoms with Gasteiger partial charge in [0.2, 0.25) is 0 Å². The lowest BCUT2D eigenvalue weighted by atomic mass is 10.2. The van der Waals surface area contributed by atoms with E-state index < -0.39 is 0 Å². The normalized spacial score (nSPS) is 12.7. The van der Waals surface area contributed by atoms with Crippen LogP contribution in [0.1, 0.15) is 18.9 Å². The summed E-state index contributed by atoms with van der Waals surface area (Å²) in [4.78, 5) is 0. The molecule has 1 aromatic carbocycles. The molecule has 0 fully saturated rings. The number of halogens is 1. The van der Waals surface area contributed by atoms with E-state index in [2.05, 4.69) is 35.9 Å². The molecule has 1 N–H and O–H groups in total. The summed E-state index contributed by atoms with van der Waals surface area (Å²) in [6, 6.07) is 10.9. The van der Waals surface area contributed by atoms with Crippen molar-refractivity contribution in [3.05, 3.63) is 35.9 Å². The van der Waals surface area contributed by atoms with Crippen molar-refractivity contribution in [2.24, 2.45) is 0 Å². The third-order valence-corrected chi connectivity index (χ3v) is 3.17. The quantitative estimate of drug-likeness (QED) is 0.593. The van der Waals surface area contributed by atoms with Gasteiger partial charge in [-0.25, -0.2) is 0 Å². The zero-order valence-electron chi connectivity index (χ0n) is 8.37. The van der Waals surface area contributed by atoms with Crippen LogP contribution in [-0.2, 0) is 5.75 Å². The highest BCUT2D eigenvalue weighted by Crippen LogP contribution is 2.09. The van der Waals surface area contributed by atoms with Crippen LogP contribution in [0.2, 0.25) is 0 Å². The second kappa shape index (κ2) is 7.16. The summed E-state index contributed by atoms with van der Waals surface area (Å²) in [6.45, 7) is 2.15. The Hall–Kier alpha value is -0.180. The van der Waals surface area contributed by atoms with Gasteiger partial charge in [0, 0.05) is 17.7 Å². The topological polar surface area (TPSA) is 12.0 Å². The van der Waals surface area contributed by atoms with E-state index >= 15 is 0 Å². The highest BCUT2D eigenvalue weighted by Gasteiger charge is 1.99. The lowest BCUT2D eigenvalue weighted by Crippen LogP contribution is -2.19.